The van der Waals surface area contributed by atoms with Crippen LogP contribution >= 0.6 is 59.6 Å². The van der Waals surface area contributed by atoms with E-state index in [0.29, 0.717) is 76.6 Å². The minimum atomic E-state index is -0.465. The van der Waals surface area contributed by atoms with Crippen molar-refractivity contribution >= 4 is 87.6 Å². The van der Waals surface area contributed by atoms with Crippen LogP contribution in [0.15, 0.2) is 146 Å². The Labute approximate surface area is 602 Å². The highest BCUT2D eigenvalue weighted by Crippen LogP contribution is 2.32. The Hall–Kier alpha value is -5.38. The first kappa shape index (κ1) is 84.8. The maximum Gasteiger partial charge on any atom is 0.152 e. The van der Waals surface area contributed by atoms with Crippen molar-refractivity contribution in [3.05, 3.63) is 219 Å². The normalized spacial score (nSPS) is 20.7. The van der Waals surface area contributed by atoms with Crippen molar-refractivity contribution < 1.29 is 56.3 Å². The van der Waals surface area contributed by atoms with Crippen molar-refractivity contribution in [2.45, 2.75) is 175 Å². The topological polar surface area (TPSA) is 155 Å². The van der Waals surface area contributed by atoms with Gasteiger partial charge in [0.2, 0.25) is 0 Å². The van der Waals surface area contributed by atoms with E-state index in [1.165, 1.54) is 42.5 Å². The van der Waals surface area contributed by atoms with Crippen molar-refractivity contribution in [2.75, 3.05) is 32.8 Å². The van der Waals surface area contributed by atoms with Crippen LogP contribution in [-0.2, 0) is 19.6 Å². The van der Waals surface area contributed by atoms with Crippen LogP contribution in [0.1, 0.15) is 132 Å². The van der Waals surface area contributed by atoms with Gasteiger partial charge in [-0.3, -0.25) is 19.5 Å². The molecule has 526 valence electrons. The molecule has 2 aromatic heterocycles. The van der Waals surface area contributed by atoms with Crippen LogP contribution in [-0.4, -0.2) is 133 Å². The third-order valence-corrected chi connectivity index (χ3v) is 16.9. The maximum atomic E-state index is 14.1. The molecule has 96 heavy (non-hydrogen) atoms. The van der Waals surface area contributed by atoms with Crippen LogP contribution < -0.4 is 10.1 Å². The van der Waals surface area contributed by atoms with Gasteiger partial charge in [0.1, 0.15) is 57.8 Å². The number of aliphatic hydroxyl groups is 4. The van der Waals surface area contributed by atoms with Crippen LogP contribution in [0, 0.1) is 48.8 Å². The molecule has 0 saturated carbocycles. The van der Waals surface area contributed by atoms with Crippen molar-refractivity contribution in [3.8, 4) is 5.75 Å². The number of para-hydroxylation sites is 2. The predicted molar refractivity (Wildman–Crippen MR) is 396 cm³/mol. The number of pyridine rings is 2. The minimum Gasteiger partial charge on any atom is -0.490 e. The number of benzene rings is 6. The number of nitrogens with one attached hydrogen (secondary N) is 1. The zero-order valence-electron chi connectivity index (χ0n) is 55.2. The lowest BCUT2D eigenvalue weighted by atomic mass is 9.99. The van der Waals surface area contributed by atoms with Crippen LogP contribution in [0.25, 0.3) is 21.8 Å². The summed E-state index contributed by atoms with van der Waals surface area (Å²) >= 11 is 5.93. The summed E-state index contributed by atoms with van der Waals surface area (Å²) < 4.78 is 86.9. The van der Waals surface area contributed by atoms with Crippen molar-refractivity contribution in [1.29, 1.82) is 0 Å². The Balaban J connectivity index is 0.000000310. The molecule has 8 aromatic rings. The van der Waals surface area contributed by atoms with Gasteiger partial charge in [-0.15, -0.1) is 48.0 Å². The predicted octanol–water partition coefficient (Wildman–Crippen LogP) is 16.6. The van der Waals surface area contributed by atoms with Gasteiger partial charge >= 0.3 is 0 Å². The number of carbonyl (C=O) groups excluding carboxylic acids is 1. The highest BCUT2D eigenvalue weighted by atomic mass is 127. The van der Waals surface area contributed by atoms with Gasteiger partial charge in [-0.25, -0.2) is 36.3 Å². The van der Waals surface area contributed by atoms with Crippen LogP contribution in [0.2, 0.25) is 5.02 Å². The van der Waals surface area contributed by atoms with Gasteiger partial charge in [0.25, 0.3) is 0 Å². The molecule has 0 spiro atoms. The van der Waals surface area contributed by atoms with Gasteiger partial charge in [-0.05, 0) is 161 Å². The van der Waals surface area contributed by atoms with E-state index in [0.717, 1.165) is 106 Å². The highest BCUT2D eigenvalue weighted by Gasteiger charge is 2.29. The van der Waals surface area contributed by atoms with E-state index in [2.05, 4.69) is 57.7 Å². The van der Waals surface area contributed by atoms with Crippen LogP contribution in [0.3, 0.4) is 0 Å². The van der Waals surface area contributed by atoms with E-state index in [9.17, 15) is 41.4 Å². The number of aldehydes is 1. The lowest BCUT2D eigenvalue weighted by molar-refractivity contribution is 0.0434. The van der Waals surface area contributed by atoms with Gasteiger partial charge in [-0.2, -0.15) is 0 Å². The number of ether oxygens (including phenoxy) is 1. The molecule has 4 aliphatic rings. The quantitative estimate of drug-likeness (QED) is 0.0531. The summed E-state index contributed by atoms with van der Waals surface area (Å²) in [6, 6.07) is 41.3. The fraction of sp³-hybridized carbons (Fsp3) is 0.427. The minimum absolute atomic E-state index is 0. The average Bonchev–Trinajstić information content (AvgIpc) is 0.812. The molecule has 6 heterocycles. The number of piperidine rings is 4. The molecule has 6 aromatic carbocycles. The number of likely N-dealkylation sites (tertiary alicyclic amines) is 3. The number of rotatable bonds is 9. The Morgan fingerprint density at radius 1 is 0.531 bits per heavy atom. The van der Waals surface area contributed by atoms with Crippen LogP contribution in [0.5, 0.6) is 5.75 Å². The second-order valence-electron chi connectivity index (χ2n) is 24.1. The summed E-state index contributed by atoms with van der Waals surface area (Å²) in [7, 11) is 0. The van der Waals surface area contributed by atoms with Crippen molar-refractivity contribution in [2.24, 2.45) is 0 Å². The fourth-order valence-electron chi connectivity index (χ4n) is 11.5. The summed E-state index contributed by atoms with van der Waals surface area (Å²) in [5, 5.41) is 40.8. The van der Waals surface area contributed by atoms with E-state index in [4.69, 9.17) is 26.6 Å². The van der Waals surface area contributed by atoms with Crippen LogP contribution in [0.4, 0.5) is 26.3 Å². The fourth-order valence-corrected chi connectivity index (χ4v) is 11.8. The summed E-state index contributed by atoms with van der Waals surface area (Å²) in [6.45, 7) is 19.4. The summed E-state index contributed by atoms with van der Waals surface area (Å²) in [6.07, 6.45) is 6.79. The first-order valence-corrected chi connectivity index (χ1v) is 32.4. The molecule has 0 amide bonds. The Morgan fingerprint density at radius 3 is 1.31 bits per heavy atom. The molecule has 0 bridgehead atoms. The first-order valence-electron chi connectivity index (χ1n) is 32.0. The third kappa shape index (κ3) is 27.4. The largest absolute Gasteiger partial charge is 0.490 e. The zero-order chi connectivity index (χ0) is 67.6. The monoisotopic (exact) mass is 1580 g/mol. The van der Waals surface area contributed by atoms with E-state index in [1.54, 1.807) is 68.4 Å². The molecule has 12 nitrogen and oxygen atoms in total. The number of aliphatic hydroxyl groups excluding tert-OH is 4. The summed E-state index contributed by atoms with van der Waals surface area (Å²) in [5.41, 5.74) is 4.46. The summed E-state index contributed by atoms with van der Waals surface area (Å²) in [5.74, 6) is -0.882. The molecular weight excluding hydrogens is 1480 g/mol. The molecule has 21 heteroatoms. The second-order valence-corrected chi connectivity index (χ2v) is 24.5. The molecule has 8 atom stereocenters. The maximum absolute atomic E-state index is 14.1. The van der Waals surface area contributed by atoms with Gasteiger partial charge in [0.05, 0.1) is 28.9 Å². The Kier molecular flexibility index (Phi) is 38.8. The van der Waals surface area contributed by atoms with Gasteiger partial charge < -0.3 is 30.5 Å². The van der Waals surface area contributed by atoms with Gasteiger partial charge in [0, 0.05) is 115 Å². The molecule has 4 aliphatic heterocycles. The number of aromatic nitrogens is 2. The van der Waals surface area contributed by atoms with Crippen molar-refractivity contribution in [1.82, 2.24) is 30.0 Å². The lowest BCUT2D eigenvalue weighted by Gasteiger charge is -2.37. The smallest absolute Gasteiger partial charge is 0.152 e. The number of hydrogen-bond acceptors (Lipinski definition) is 12. The standard InChI is InChI=1S/C23H24F2N2O.2C13H18FNO.C10H7ClFN.C7H5FO.C6H13NO.C2H6O.CH4.2HI/c1-15-12-22(19-7-5-9-21(25)23(19)26-15)28-18-10-11-27(16(2)13-18)14-17-6-3-4-8-20(17)24;2*1-10-8-12(16)6-7-15(10)9-11-4-2-3-5-13(11)14;1-6-5-8(11)7-3-2-4-9(12)10(7)13-6;8-7-4-2-1-3-6(7)5-9;1-5-4-6(8)2-3-7-5;1-2-3;;;/h3-9,12,16,18H,10-11,13-14H2,1-2H3;2*2-5,10,12,16H,6-9H2,1H3;2-5H,1H3;1-5H;5-8H,2-4H2,1H3;3H,2H2,1H3;1H4;2*1H. The van der Waals surface area contributed by atoms with E-state index < -0.39 is 5.82 Å². The number of hydrogen-bond donors (Lipinski definition) is 5. The third-order valence-electron chi connectivity index (χ3n) is 16.6. The van der Waals surface area contributed by atoms with Gasteiger partial charge in [0.15, 0.2) is 6.29 Å². The van der Waals surface area contributed by atoms with Gasteiger partial charge in [-0.1, -0.05) is 104 Å². The zero-order valence-corrected chi connectivity index (χ0v) is 60.6. The molecule has 0 aliphatic carbocycles. The lowest BCUT2D eigenvalue weighted by Crippen LogP contribution is -2.44. The average molecular weight is 1580 g/mol. The number of aryl methyl sites for hydroxylation is 2. The Bertz CT molecular complexity index is 3510. The molecule has 8 unspecified atom stereocenters. The molecule has 5 N–H and O–H groups in total. The Morgan fingerprint density at radius 2 is 0.917 bits per heavy atom. The van der Waals surface area contributed by atoms with Crippen molar-refractivity contribution in [3.63, 3.8) is 0 Å². The first-order chi connectivity index (χ1) is 44.6. The number of fused-ring (bicyclic) bond motifs is 2. The second kappa shape index (κ2) is 43.9. The van der Waals surface area contributed by atoms with E-state index in [1.807, 2.05) is 55.5 Å². The number of halogens is 9. The SMILES string of the molecule is C.CC1CC(O)CCN1.CC1CC(O)CCN1Cc1ccccc1F.CC1CC(O)CCN1Cc1ccccc1F.CCO.Cc1cc(Cl)c2cccc(F)c2n1.Cc1cc(OC2CCN(Cc3ccccc3F)C(C)C2)c2cccc(F)c2n1.I.I.O=Cc1ccccc1F. The molecule has 4 fully saturated rings. The molecular formula is C75H97ClF6I2N6O6. The van der Waals surface area contributed by atoms with E-state index in [-0.39, 0.29) is 127 Å². The molecule has 0 radical (unpaired) electrons. The highest BCUT2D eigenvalue weighted by molar-refractivity contribution is 14.0. The number of carbonyl (C=O) groups is 1. The van der Waals surface area contributed by atoms with E-state index >= 15 is 0 Å². The molecule has 12 rings (SSSR count). The molecule has 4 saturated heterocycles. The summed E-state index contributed by atoms with van der Waals surface area (Å²) in [4.78, 5) is 25.1. The number of nitrogens with zero attached hydrogens (tertiary/aromatic N) is 5.